The van der Waals surface area contributed by atoms with Crippen LogP contribution in [-0.4, -0.2) is 52.1 Å². The lowest BCUT2D eigenvalue weighted by Gasteiger charge is -2.16. The van der Waals surface area contributed by atoms with Crippen molar-refractivity contribution in [1.29, 1.82) is 0 Å². The standard InChI is InChI=1S/C15H20N2O5S/c1-21-13-6-5-12(8-14(13)22-2)23(19,20)16-10-7-15(18)17(9-10)11-3-4-11/h5-6,8,10-11,16H,3-4,7,9H2,1-2H3. The lowest BCUT2D eigenvalue weighted by Crippen LogP contribution is -2.37. The van der Waals surface area contributed by atoms with Crippen LogP contribution in [0.5, 0.6) is 11.5 Å². The van der Waals surface area contributed by atoms with Crippen LogP contribution in [0.1, 0.15) is 19.3 Å². The van der Waals surface area contributed by atoms with Crippen molar-refractivity contribution in [1.82, 2.24) is 9.62 Å². The molecule has 1 unspecified atom stereocenters. The number of sulfonamides is 1. The fourth-order valence-corrected chi connectivity index (χ4v) is 4.06. The van der Waals surface area contributed by atoms with E-state index < -0.39 is 10.0 Å². The molecule has 126 valence electrons. The van der Waals surface area contributed by atoms with E-state index >= 15 is 0 Å². The SMILES string of the molecule is COc1ccc(S(=O)(=O)NC2CC(=O)N(C3CC3)C2)cc1OC. The van der Waals surface area contributed by atoms with Crippen molar-refractivity contribution in [3.63, 3.8) is 0 Å². The summed E-state index contributed by atoms with van der Waals surface area (Å²) in [6.45, 7) is 0.440. The summed E-state index contributed by atoms with van der Waals surface area (Å²) in [5, 5.41) is 0. The molecule has 0 aromatic heterocycles. The summed E-state index contributed by atoms with van der Waals surface area (Å²) in [5.41, 5.74) is 0. The number of rotatable bonds is 6. The van der Waals surface area contributed by atoms with E-state index in [9.17, 15) is 13.2 Å². The number of nitrogens with zero attached hydrogens (tertiary/aromatic N) is 1. The molecule has 1 saturated heterocycles. The molecule has 7 nitrogen and oxygen atoms in total. The number of nitrogens with one attached hydrogen (secondary N) is 1. The van der Waals surface area contributed by atoms with Crippen molar-refractivity contribution in [3.05, 3.63) is 18.2 Å². The van der Waals surface area contributed by atoms with Crippen LogP contribution in [0.15, 0.2) is 23.1 Å². The van der Waals surface area contributed by atoms with Crippen LogP contribution >= 0.6 is 0 Å². The van der Waals surface area contributed by atoms with E-state index in [0.29, 0.717) is 24.1 Å². The van der Waals surface area contributed by atoms with Crippen molar-refractivity contribution >= 4 is 15.9 Å². The van der Waals surface area contributed by atoms with Gasteiger partial charge < -0.3 is 14.4 Å². The van der Waals surface area contributed by atoms with Crippen LogP contribution in [0.4, 0.5) is 0 Å². The molecule has 23 heavy (non-hydrogen) atoms. The number of hydrogen-bond acceptors (Lipinski definition) is 5. The predicted molar refractivity (Wildman–Crippen MR) is 83.0 cm³/mol. The fourth-order valence-electron chi connectivity index (χ4n) is 2.82. The van der Waals surface area contributed by atoms with Crippen LogP contribution in [0.2, 0.25) is 0 Å². The van der Waals surface area contributed by atoms with Crippen molar-refractivity contribution in [3.8, 4) is 11.5 Å². The Morgan fingerprint density at radius 2 is 1.87 bits per heavy atom. The predicted octanol–water partition coefficient (Wildman–Crippen LogP) is 0.745. The zero-order valence-electron chi connectivity index (χ0n) is 13.1. The maximum atomic E-state index is 12.5. The maximum Gasteiger partial charge on any atom is 0.241 e. The summed E-state index contributed by atoms with van der Waals surface area (Å²) in [6.07, 6.45) is 2.24. The van der Waals surface area contributed by atoms with Gasteiger partial charge in [0, 0.05) is 31.1 Å². The monoisotopic (exact) mass is 340 g/mol. The first-order valence-corrected chi connectivity index (χ1v) is 8.96. The third kappa shape index (κ3) is 3.28. The lowest BCUT2D eigenvalue weighted by atomic mass is 10.3. The fraction of sp³-hybridized carbons (Fsp3) is 0.533. The average Bonchev–Trinajstić information content (AvgIpc) is 3.30. The number of ether oxygens (including phenoxy) is 2. The van der Waals surface area contributed by atoms with E-state index in [-0.39, 0.29) is 23.3 Å². The Hall–Kier alpha value is -1.80. The average molecular weight is 340 g/mol. The smallest absolute Gasteiger partial charge is 0.241 e. The Labute approximate surface area is 135 Å². The molecule has 0 bridgehead atoms. The number of carbonyl (C=O) groups is 1. The van der Waals surface area contributed by atoms with E-state index in [1.165, 1.54) is 26.4 Å². The molecule has 1 aliphatic carbocycles. The van der Waals surface area contributed by atoms with Crippen LogP contribution in [0, 0.1) is 0 Å². The van der Waals surface area contributed by atoms with Gasteiger partial charge in [-0.2, -0.15) is 0 Å². The summed E-state index contributed by atoms with van der Waals surface area (Å²) in [6, 6.07) is 4.33. The van der Waals surface area contributed by atoms with Crippen LogP contribution < -0.4 is 14.2 Å². The molecular formula is C15H20N2O5S. The summed E-state index contributed by atoms with van der Waals surface area (Å²) in [5.74, 6) is 0.826. The molecular weight excluding hydrogens is 320 g/mol. The number of methoxy groups -OCH3 is 2. The van der Waals surface area contributed by atoms with E-state index in [0.717, 1.165) is 12.8 Å². The molecule has 1 heterocycles. The zero-order chi connectivity index (χ0) is 16.6. The highest BCUT2D eigenvalue weighted by Crippen LogP contribution is 2.32. The van der Waals surface area contributed by atoms with Gasteiger partial charge in [0.1, 0.15) is 0 Å². The second kappa shape index (κ2) is 6.01. The molecule has 3 rings (SSSR count). The molecule has 1 amide bonds. The number of amides is 1. The largest absolute Gasteiger partial charge is 0.493 e. The highest BCUT2D eigenvalue weighted by Gasteiger charge is 2.40. The highest BCUT2D eigenvalue weighted by atomic mass is 32.2. The third-order valence-electron chi connectivity index (χ3n) is 4.13. The second-order valence-electron chi connectivity index (χ2n) is 5.82. The molecule has 2 aliphatic rings. The molecule has 0 spiro atoms. The Balaban J connectivity index is 1.75. The number of carbonyl (C=O) groups excluding carboxylic acids is 1. The minimum atomic E-state index is -3.72. The van der Waals surface area contributed by atoms with Gasteiger partial charge in [-0.3, -0.25) is 4.79 Å². The minimum Gasteiger partial charge on any atom is -0.493 e. The molecule has 0 radical (unpaired) electrons. The van der Waals surface area contributed by atoms with Crippen molar-refractivity contribution < 1.29 is 22.7 Å². The Kier molecular flexibility index (Phi) is 4.20. The summed E-state index contributed by atoms with van der Waals surface area (Å²) < 4.78 is 37.9. The molecule has 1 atom stereocenters. The number of benzene rings is 1. The lowest BCUT2D eigenvalue weighted by molar-refractivity contribution is -0.128. The summed E-state index contributed by atoms with van der Waals surface area (Å²) in [7, 11) is -0.782. The normalized spacial score (nSPS) is 21.6. The van der Waals surface area contributed by atoms with Gasteiger partial charge in [-0.1, -0.05) is 0 Å². The first-order chi connectivity index (χ1) is 10.9. The van der Waals surface area contributed by atoms with Crippen molar-refractivity contribution in [2.75, 3.05) is 20.8 Å². The second-order valence-corrected chi connectivity index (χ2v) is 7.53. The van der Waals surface area contributed by atoms with Gasteiger partial charge in [-0.05, 0) is 25.0 Å². The summed E-state index contributed by atoms with van der Waals surface area (Å²) >= 11 is 0. The van der Waals surface area contributed by atoms with Gasteiger partial charge in [0.15, 0.2) is 11.5 Å². The van der Waals surface area contributed by atoms with E-state index in [1.807, 2.05) is 0 Å². The quantitative estimate of drug-likeness (QED) is 0.826. The van der Waals surface area contributed by atoms with Crippen molar-refractivity contribution in [2.45, 2.75) is 36.2 Å². The van der Waals surface area contributed by atoms with Crippen molar-refractivity contribution in [2.24, 2.45) is 0 Å². The van der Waals surface area contributed by atoms with Crippen LogP contribution in [0.3, 0.4) is 0 Å². The Morgan fingerprint density at radius 3 is 2.48 bits per heavy atom. The number of likely N-dealkylation sites (tertiary alicyclic amines) is 1. The van der Waals surface area contributed by atoms with Crippen LogP contribution in [-0.2, 0) is 14.8 Å². The van der Waals surface area contributed by atoms with E-state index in [1.54, 1.807) is 11.0 Å². The molecule has 2 fully saturated rings. The van der Waals surface area contributed by atoms with Gasteiger partial charge in [-0.15, -0.1) is 0 Å². The molecule has 1 saturated carbocycles. The van der Waals surface area contributed by atoms with E-state index in [4.69, 9.17) is 9.47 Å². The maximum absolute atomic E-state index is 12.5. The van der Waals surface area contributed by atoms with Crippen LogP contribution in [0.25, 0.3) is 0 Å². The highest BCUT2D eigenvalue weighted by molar-refractivity contribution is 7.89. The zero-order valence-corrected chi connectivity index (χ0v) is 13.9. The molecule has 1 aromatic rings. The minimum absolute atomic E-state index is 0.0208. The topological polar surface area (TPSA) is 84.9 Å². The first kappa shape index (κ1) is 16.1. The molecule has 1 aliphatic heterocycles. The molecule has 1 aromatic carbocycles. The van der Waals surface area contributed by atoms with Gasteiger partial charge in [0.05, 0.1) is 19.1 Å². The molecule has 8 heteroatoms. The first-order valence-electron chi connectivity index (χ1n) is 7.48. The van der Waals surface area contributed by atoms with Gasteiger partial charge in [-0.25, -0.2) is 13.1 Å². The third-order valence-corrected chi connectivity index (χ3v) is 5.65. The number of hydrogen-bond donors (Lipinski definition) is 1. The van der Waals surface area contributed by atoms with E-state index in [2.05, 4.69) is 4.72 Å². The van der Waals surface area contributed by atoms with Gasteiger partial charge >= 0.3 is 0 Å². The molecule has 1 N–H and O–H groups in total. The van der Waals surface area contributed by atoms with Gasteiger partial charge in [0.25, 0.3) is 0 Å². The Bertz CT molecular complexity index is 715. The summed E-state index contributed by atoms with van der Waals surface area (Å²) in [4.78, 5) is 13.8. The van der Waals surface area contributed by atoms with Gasteiger partial charge in [0.2, 0.25) is 15.9 Å². The Morgan fingerprint density at radius 1 is 1.17 bits per heavy atom.